The number of nitrogens with zero attached hydrogens (tertiary/aromatic N) is 4. The molecule has 27 N–H and O–H groups in total. The molecule has 0 aliphatic heterocycles. The smallest absolute Gasteiger partial charge is 0.255 e. The minimum Gasteiger partial charge on any atom is -0.496 e. The number of carbonyl (C=O) groups excluding carboxylic acids is 8. The van der Waals surface area contributed by atoms with Crippen molar-refractivity contribution < 1.29 is 52.6 Å². The predicted octanol–water partition coefficient (Wildman–Crippen LogP) is -1.50. The topological polar surface area (TPSA) is 558 Å². The van der Waals surface area contributed by atoms with E-state index in [1.54, 1.807) is 6.07 Å². The van der Waals surface area contributed by atoms with Crippen molar-refractivity contribution in [2.45, 2.75) is 75.5 Å². The maximum atomic E-state index is 14.3. The Morgan fingerprint density at radius 3 is 1.08 bits per heavy atom. The lowest BCUT2D eigenvalue weighted by molar-refractivity contribution is -0.118. The molecule has 0 aromatic heterocycles. The normalized spacial score (nSPS) is 11.9. The van der Waals surface area contributed by atoms with E-state index in [1.165, 1.54) is 94.1 Å². The number of anilines is 4. The van der Waals surface area contributed by atoms with Crippen LogP contribution < -0.4 is 109 Å². The fourth-order valence-electron chi connectivity index (χ4n) is 8.25. The van der Waals surface area contributed by atoms with E-state index >= 15 is 0 Å². The highest BCUT2D eigenvalue weighted by molar-refractivity contribution is 6.07. The lowest BCUT2D eigenvalue weighted by Crippen LogP contribution is -2.44. The maximum Gasteiger partial charge on any atom is 0.255 e. The van der Waals surface area contributed by atoms with Crippen LogP contribution in [0.2, 0.25) is 0 Å². The summed E-state index contributed by atoms with van der Waals surface area (Å²) in [6.45, 7) is 0.561. The van der Waals surface area contributed by atoms with Gasteiger partial charge in [-0.05, 0) is 124 Å². The molecule has 4 aromatic rings. The number of methoxy groups -OCH3 is 3. The highest BCUT2D eigenvalue weighted by Crippen LogP contribution is 2.27. The molecule has 4 aromatic carbocycles. The molecule has 8 amide bonds. The number of carbonyl (C=O) groups is 8. The summed E-state index contributed by atoms with van der Waals surface area (Å²) in [6.07, 6.45) is 1.38. The molecule has 4 atom stereocenters. The fraction of sp³-hybridized carbons (Fsp3) is 0.345. The fourth-order valence-corrected chi connectivity index (χ4v) is 8.25. The summed E-state index contributed by atoms with van der Waals surface area (Å²) in [7, 11) is 3.96. The Morgan fingerprint density at radius 2 is 0.724 bits per heavy atom. The molecule has 0 saturated carbocycles. The second-order valence-electron chi connectivity index (χ2n) is 19.1. The van der Waals surface area contributed by atoms with E-state index in [4.69, 9.17) is 71.5 Å². The van der Waals surface area contributed by atoms with Gasteiger partial charge in [-0.3, -0.25) is 58.3 Å². The number of aliphatic imine (C=N–C) groups is 4. The van der Waals surface area contributed by atoms with Gasteiger partial charge in [-0.25, -0.2) is 0 Å². The van der Waals surface area contributed by atoms with Gasteiger partial charge in [0.2, 0.25) is 23.6 Å². The molecular formula is C55H77N21O11. The summed E-state index contributed by atoms with van der Waals surface area (Å²) in [4.78, 5) is 125. The summed E-state index contributed by atoms with van der Waals surface area (Å²) >= 11 is 0. The van der Waals surface area contributed by atoms with E-state index in [0.717, 1.165) is 0 Å². The van der Waals surface area contributed by atoms with E-state index in [-0.39, 0.29) is 157 Å². The molecule has 0 aliphatic rings. The molecule has 0 radical (unpaired) electrons. The van der Waals surface area contributed by atoms with Crippen LogP contribution in [0, 0.1) is 0 Å². The summed E-state index contributed by atoms with van der Waals surface area (Å²) in [5.74, 6) is -6.19. The van der Waals surface area contributed by atoms with Crippen LogP contribution in [-0.2, 0) is 19.2 Å². The predicted molar refractivity (Wildman–Crippen MR) is 330 cm³/mol. The van der Waals surface area contributed by atoms with Crippen LogP contribution in [0.15, 0.2) is 98.8 Å². The lowest BCUT2D eigenvalue weighted by atomic mass is 10.1. The zero-order chi connectivity index (χ0) is 64.2. The zero-order valence-corrected chi connectivity index (χ0v) is 48.4. The van der Waals surface area contributed by atoms with Gasteiger partial charge in [-0.2, -0.15) is 0 Å². The van der Waals surface area contributed by atoms with Crippen LogP contribution in [0.25, 0.3) is 0 Å². The Bertz CT molecular complexity index is 3210. The van der Waals surface area contributed by atoms with Gasteiger partial charge in [0.25, 0.3) is 23.6 Å². The molecule has 0 spiro atoms. The number of rotatable bonds is 34. The number of hydrogen-bond acceptors (Lipinski definition) is 16. The largest absolute Gasteiger partial charge is 0.496 e. The SMILES string of the molecule is COc1ccc(NC(=O)[C@@H](CCCN=C(N)N)NC(=O)c2cc(NC(=O)[C@@H](CCCN=C(N)N)NC(=O)c3cc(NC(=O)[C@@H](CCCN=C(N)N)NC(=O)c4cccc(NC(=O)[C@H](N)CCCN=C(N)N)c4)ccc3OC)ccc2OC)cc1C(N)=O. The molecule has 0 saturated heterocycles. The third kappa shape index (κ3) is 23.0. The molecule has 0 heterocycles. The van der Waals surface area contributed by atoms with E-state index in [9.17, 15) is 38.4 Å². The van der Waals surface area contributed by atoms with Crippen LogP contribution in [0.5, 0.6) is 17.2 Å². The van der Waals surface area contributed by atoms with Crippen molar-refractivity contribution >= 4 is 93.8 Å². The number of nitrogens with two attached hydrogens (primary N) is 10. The molecule has 32 heteroatoms. The second kappa shape index (κ2) is 34.6. The number of benzene rings is 4. The molecule has 468 valence electrons. The first kappa shape index (κ1) is 68.6. The van der Waals surface area contributed by atoms with Crippen molar-refractivity contribution in [1.82, 2.24) is 16.0 Å². The Morgan fingerprint density at radius 1 is 0.402 bits per heavy atom. The molecule has 4 rings (SSSR count). The van der Waals surface area contributed by atoms with Crippen LogP contribution in [0.4, 0.5) is 22.7 Å². The van der Waals surface area contributed by atoms with Gasteiger partial charge in [0, 0.05) is 54.5 Å². The van der Waals surface area contributed by atoms with E-state index in [2.05, 4.69) is 57.2 Å². The standard InChI is InChI=1S/C55H77N21O11/c1-85-41-18-15-31(26-34(41)44(57)77)71-50(83)39(13-7-23-68-54(62)63)75-46(79)36-28-33(17-20-43(36)87-3)73-51(84)40(14-8-24-69-55(64)65)76-47(80)35-27-32(16-19-42(35)86-2)72-49(82)38(12-6-22-67-53(60)61)74-45(78)29-9-4-10-30(25-29)70-48(81)37(56)11-5-21-66-52(58)59/h4,9-10,15-20,25-28,37-40H,5-8,11-14,21-24,56H2,1-3H3,(H2,57,77)(H,70,81)(H,71,83)(H,72,82)(H,73,84)(H,74,78)(H,75,79)(H,76,80)(H4,58,59,66)(H4,60,61,67)(H4,62,63,68)(H4,64,65,69)/t37-,38-,39-,40-/m1/s1. The molecule has 0 bridgehead atoms. The van der Waals surface area contributed by atoms with Gasteiger partial charge in [0.1, 0.15) is 35.4 Å². The number of primary amides is 1. The minimum absolute atomic E-state index is 0.00902. The highest BCUT2D eigenvalue weighted by Gasteiger charge is 2.28. The monoisotopic (exact) mass is 1210 g/mol. The van der Waals surface area contributed by atoms with Crippen LogP contribution in [-0.4, -0.2) is 143 Å². The van der Waals surface area contributed by atoms with Crippen molar-refractivity contribution in [1.29, 1.82) is 0 Å². The van der Waals surface area contributed by atoms with Crippen LogP contribution in [0.1, 0.15) is 92.8 Å². The summed E-state index contributed by atoms with van der Waals surface area (Å²) in [5.41, 5.74) is 55.8. The Hall–Kier alpha value is -10.9. The number of hydrogen-bond donors (Lipinski definition) is 17. The van der Waals surface area contributed by atoms with E-state index < -0.39 is 71.4 Å². The van der Waals surface area contributed by atoms with Crippen molar-refractivity contribution in [3.63, 3.8) is 0 Å². The number of ether oxygens (including phenoxy) is 3. The lowest BCUT2D eigenvalue weighted by Gasteiger charge is -2.21. The third-order valence-corrected chi connectivity index (χ3v) is 12.6. The molecule has 0 aliphatic carbocycles. The number of amides is 8. The van der Waals surface area contributed by atoms with E-state index in [1.807, 2.05) is 0 Å². The molecule has 87 heavy (non-hydrogen) atoms. The van der Waals surface area contributed by atoms with Gasteiger partial charge in [-0.1, -0.05) is 6.07 Å². The van der Waals surface area contributed by atoms with Crippen molar-refractivity contribution in [3.8, 4) is 17.2 Å². The zero-order valence-electron chi connectivity index (χ0n) is 48.4. The summed E-state index contributed by atoms with van der Waals surface area (Å²) in [6, 6.07) is 13.8. The van der Waals surface area contributed by atoms with E-state index in [0.29, 0.717) is 6.42 Å². The van der Waals surface area contributed by atoms with Gasteiger partial charge < -0.3 is 109 Å². The average molecular weight is 1210 g/mol. The van der Waals surface area contributed by atoms with Gasteiger partial charge in [-0.15, -0.1) is 0 Å². The minimum atomic E-state index is -1.31. The molecular weight excluding hydrogens is 1130 g/mol. The third-order valence-electron chi connectivity index (χ3n) is 12.6. The first-order chi connectivity index (χ1) is 41.4. The van der Waals surface area contributed by atoms with Crippen molar-refractivity contribution in [2.24, 2.45) is 77.3 Å². The van der Waals surface area contributed by atoms with Crippen molar-refractivity contribution in [3.05, 3.63) is 101 Å². The van der Waals surface area contributed by atoms with Gasteiger partial charge in [0.15, 0.2) is 23.8 Å². The van der Waals surface area contributed by atoms with Crippen LogP contribution in [0.3, 0.4) is 0 Å². The molecule has 0 fully saturated rings. The summed E-state index contributed by atoms with van der Waals surface area (Å²) < 4.78 is 16.2. The number of nitrogens with one attached hydrogen (secondary N) is 7. The first-order valence-electron chi connectivity index (χ1n) is 27.0. The highest BCUT2D eigenvalue weighted by atomic mass is 16.5. The average Bonchev–Trinajstić information content (AvgIpc) is 1.65. The van der Waals surface area contributed by atoms with Gasteiger partial charge >= 0.3 is 0 Å². The summed E-state index contributed by atoms with van der Waals surface area (Å²) in [5, 5.41) is 18.9. The quantitative estimate of drug-likeness (QED) is 0.0144. The molecule has 32 nitrogen and oxygen atoms in total. The number of guanidine groups is 4. The Labute approximate surface area is 500 Å². The van der Waals surface area contributed by atoms with Crippen LogP contribution >= 0.6 is 0 Å². The Balaban J connectivity index is 1.58. The molecule has 0 unspecified atom stereocenters. The van der Waals surface area contributed by atoms with Gasteiger partial charge in [0.05, 0.1) is 44.1 Å². The second-order valence-corrected chi connectivity index (χ2v) is 19.1. The Kier molecular flexibility index (Phi) is 27.3. The maximum absolute atomic E-state index is 14.3. The first-order valence-corrected chi connectivity index (χ1v) is 27.0. The van der Waals surface area contributed by atoms with Crippen molar-refractivity contribution in [2.75, 3.05) is 68.8 Å².